The Morgan fingerprint density at radius 1 is 1.20 bits per heavy atom. The molecule has 0 aromatic rings. The van der Waals surface area contributed by atoms with Crippen LogP contribution in [0.4, 0.5) is 0 Å². The average molecular weight is 258 g/mol. The first-order valence-electron chi connectivity index (χ1n) is 3.27. The van der Waals surface area contributed by atoms with Gasteiger partial charge in [-0.15, -0.1) is 37.1 Å². The van der Waals surface area contributed by atoms with E-state index in [4.69, 9.17) is 5.73 Å². The molecule has 64 valence electrons. The van der Waals surface area contributed by atoms with Crippen molar-refractivity contribution in [1.29, 1.82) is 0 Å². The van der Waals surface area contributed by atoms with Crippen molar-refractivity contribution >= 4 is 24.0 Å². The SMILES string of the molecule is C=C.CCN(CC)CN.I. The maximum absolute atomic E-state index is 5.32. The summed E-state index contributed by atoms with van der Waals surface area (Å²) in [5, 5.41) is 0. The van der Waals surface area contributed by atoms with E-state index in [0.717, 1.165) is 13.1 Å². The molecule has 0 heterocycles. The molecule has 0 aromatic heterocycles. The molecule has 0 bridgehead atoms. The van der Waals surface area contributed by atoms with Crippen molar-refractivity contribution in [2.75, 3.05) is 19.8 Å². The summed E-state index contributed by atoms with van der Waals surface area (Å²) in [6, 6.07) is 0. The van der Waals surface area contributed by atoms with Gasteiger partial charge in [0.1, 0.15) is 0 Å². The second kappa shape index (κ2) is 16.2. The van der Waals surface area contributed by atoms with Crippen molar-refractivity contribution in [3.63, 3.8) is 0 Å². The fraction of sp³-hybridized carbons (Fsp3) is 0.714. The summed E-state index contributed by atoms with van der Waals surface area (Å²) in [4.78, 5) is 2.15. The second-order valence-corrected chi connectivity index (χ2v) is 1.49. The van der Waals surface area contributed by atoms with Gasteiger partial charge in [-0.3, -0.25) is 4.90 Å². The van der Waals surface area contributed by atoms with Gasteiger partial charge in [-0.25, -0.2) is 0 Å². The first-order valence-corrected chi connectivity index (χ1v) is 3.27. The van der Waals surface area contributed by atoms with Gasteiger partial charge in [0.2, 0.25) is 0 Å². The Hall–Kier alpha value is 0.390. The van der Waals surface area contributed by atoms with Crippen molar-refractivity contribution in [1.82, 2.24) is 4.90 Å². The van der Waals surface area contributed by atoms with Crippen LogP contribution in [0.25, 0.3) is 0 Å². The Morgan fingerprint density at radius 2 is 1.50 bits per heavy atom. The zero-order chi connectivity index (χ0) is 7.70. The maximum atomic E-state index is 5.32. The molecule has 0 atom stereocenters. The van der Waals surface area contributed by atoms with Crippen LogP contribution in [0.2, 0.25) is 0 Å². The third kappa shape index (κ3) is 11.2. The number of nitrogens with two attached hydrogens (primary N) is 1. The van der Waals surface area contributed by atoms with Crippen molar-refractivity contribution < 1.29 is 0 Å². The van der Waals surface area contributed by atoms with E-state index in [2.05, 4.69) is 31.9 Å². The molecule has 0 unspecified atom stereocenters. The quantitative estimate of drug-likeness (QED) is 0.474. The number of hydrogen-bond donors (Lipinski definition) is 1. The predicted molar refractivity (Wildman–Crippen MR) is 58.6 cm³/mol. The van der Waals surface area contributed by atoms with Gasteiger partial charge >= 0.3 is 0 Å². The van der Waals surface area contributed by atoms with E-state index in [0.29, 0.717) is 6.67 Å². The average Bonchev–Trinajstić information content (AvgIpc) is 1.96. The van der Waals surface area contributed by atoms with E-state index < -0.39 is 0 Å². The lowest BCUT2D eigenvalue weighted by molar-refractivity contribution is 0.313. The van der Waals surface area contributed by atoms with Crippen LogP contribution in [0.5, 0.6) is 0 Å². The molecule has 0 saturated heterocycles. The Balaban J connectivity index is -0.000000149. The van der Waals surface area contributed by atoms with Crippen LogP contribution in [-0.4, -0.2) is 24.7 Å². The highest BCUT2D eigenvalue weighted by Gasteiger charge is 1.89. The first-order chi connectivity index (χ1) is 4.35. The van der Waals surface area contributed by atoms with Crippen LogP contribution in [0, 0.1) is 0 Å². The lowest BCUT2D eigenvalue weighted by Crippen LogP contribution is -2.29. The fourth-order valence-electron chi connectivity index (χ4n) is 0.482. The molecule has 0 aromatic carbocycles. The molecule has 0 radical (unpaired) electrons. The minimum absolute atomic E-state index is 0. The summed E-state index contributed by atoms with van der Waals surface area (Å²) >= 11 is 0. The topological polar surface area (TPSA) is 29.3 Å². The summed E-state index contributed by atoms with van der Waals surface area (Å²) in [6.07, 6.45) is 0. The molecular formula is C7H19IN2. The van der Waals surface area contributed by atoms with Crippen LogP contribution in [-0.2, 0) is 0 Å². The number of rotatable bonds is 3. The van der Waals surface area contributed by atoms with Gasteiger partial charge in [0, 0.05) is 6.67 Å². The Morgan fingerprint density at radius 3 is 1.50 bits per heavy atom. The predicted octanol–water partition coefficient (Wildman–Crippen LogP) is 1.66. The lowest BCUT2D eigenvalue weighted by Gasteiger charge is -2.13. The van der Waals surface area contributed by atoms with Crippen LogP contribution in [0.1, 0.15) is 13.8 Å². The third-order valence-corrected chi connectivity index (χ3v) is 1.15. The molecule has 10 heavy (non-hydrogen) atoms. The first kappa shape index (κ1) is 16.8. The standard InChI is InChI=1S/C5H14N2.C2H4.HI/c1-3-7(4-2)5-6;1-2;/h3-6H2,1-2H3;1-2H2;1H. The maximum Gasteiger partial charge on any atom is 0.0454 e. The van der Waals surface area contributed by atoms with Gasteiger partial charge < -0.3 is 5.73 Å². The molecule has 3 heteroatoms. The van der Waals surface area contributed by atoms with Crippen LogP contribution in [0.3, 0.4) is 0 Å². The smallest absolute Gasteiger partial charge is 0.0454 e. The van der Waals surface area contributed by atoms with Crippen molar-refractivity contribution in [2.45, 2.75) is 13.8 Å². The molecule has 0 fully saturated rings. The van der Waals surface area contributed by atoms with E-state index in [1.165, 1.54) is 0 Å². The van der Waals surface area contributed by atoms with E-state index in [1.54, 1.807) is 0 Å². The lowest BCUT2D eigenvalue weighted by atomic mass is 10.6. The summed E-state index contributed by atoms with van der Waals surface area (Å²) in [5.74, 6) is 0. The van der Waals surface area contributed by atoms with Gasteiger partial charge in [0.05, 0.1) is 0 Å². The Kier molecular flexibility index (Phi) is 27.2. The van der Waals surface area contributed by atoms with Crippen LogP contribution in [0.15, 0.2) is 13.2 Å². The Bertz CT molecular complexity index is 41.4. The van der Waals surface area contributed by atoms with Gasteiger partial charge in [0.15, 0.2) is 0 Å². The zero-order valence-corrected chi connectivity index (χ0v) is 9.30. The van der Waals surface area contributed by atoms with Gasteiger partial charge in [-0.05, 0) is 13.1 Å². The highest BCUT2D eigenvalue weighted by molar-refractivity contribution is 14.0. The number of nitrogens with zero attached hydrogens (tertiary/aromatic N) is 1. The van der Waals surface area contributed by atoms with E-state index in [-0.39, 0.29) is 24.0 Å². The fourth-order valence-corrected chi connectivity index (χ4v) is 0.482. The van der Waals surface area contributed by atoms with Gasteiger partial charge in [-0.2, -0.15) is 0 Å². The number of halogens is 1. The largest absolute Gasteiger partial charge is 0.318 e. The van der Waals surface area contributed by atoms with Crippen LogP contribution >= 0.6 is 24.0 Å². The molecule has 0 rings (SSSR count). The summed E-state index contributed by atoms with van der Waals surface area (Å²) in [6.45, 7) is 13.0. The monoisotopic (exact) mass is 258 g/mol. The third-order valence-electron chi connectivity index (χ3n) is 1.15. The molecule has 0 aliphatic carbocycles. The number of hydrogen-bond acceptors (Lipinski definition) is 2. The molecule has 2 N–H and O–H groups in total. The van der Waals surface area contributed by atoms with E-state index in [9.17, 15) is 0 Å². The van der Waals surface area contributed by atoms with Gasteiger partial charge in [0.25, 0.3) is 0 Å². The van der Waals surface area contributed by atoms with E-state index >= 15 is 0 Å². The minimum atomic E-state index is 0. The molecule has 0 spiro atoms. The summed E-state index contributed by atoms with van der Waals surface area (Å²) in [5.41, 5.74) is 5.32. The highest BCUT2D eigenvalue weighted by Crippen LogP contribution is 1.77. The zero-order valence-electron chi connectivity index (χ0n) is 6.97. The minimum Gasteiger partial charge on any atom is -0.318 e. The molecule has 0 aliphatic heterocycles. The highest BCUT2D eigenvalue weighted by atomic mass is 127. The van der Waals surface area contributed by atoms with Crippen molar-refractivity contribution in [3.05, 3.63) is 13.2 Å². The van der Waals surface area contributed by atoms with Crippen molar-refractivity contribution in [2.24, 2.45) is 5.73 Å². The van der Waals surface area contributed by atoms with Gasteiger partial charge in [-0.1, -0.05) is 13.8 Å². The molecule has 0 aliphatic rings. The molecule has 0 saturated carbocycles. The molecule has 0 amide bonds. The molecule has 2 nitrogen and oxygen atoms in total. The molecular weight excluding hydrogens is 239 g/mol. The second-order valence-electron chi connectivity index (χ2n) is 1.49. The van der Waals surface area contributed by atoms with Crippen molar-refractivity contribution in [3.8, 4) is 0 Å². The Labute approximate surface area is 81.5 Å². The van der Waals surface area contributed by atoms with Crippen LogP contribution < -0.4 is 5.73 Å². The summed E-state index contributed by atoms with van der Waals surface area (Å²) < 4.78 is 0. The normalized spacial score (nSPS) is 7.60. The van der Waals surface area contributed by atoms with E-state index in [1.807, 2.05) is 0 Å². The summed E-state index contributed by atoms with van der Waals surface area (Å²) in [7, 11) is 0.